The van der Waals surface area contributed by atoms with Crippen molar-refractivity contribution in [2.24, 2.45) is 5.92 Å². The van der Waals surface area contributed by atoms with E-state index in [4.69, 9.17) is 17.3 Å². The first-order valence-electron chi connectivity index (χ1n) is 4.85. The van der Waals surface area contributed by atoms with Gasteiger partial charge in [-0.3, -0.25) is 4.72 Å². The first kappa shape index (κ1) is 13.1. The van der Waals surface area contributed by atoms with E-state index in [9.17, 15) is 8.42 Å². The van der Waals surface area contributed by atoms with Gasteiger partial charge in [-0.15, -0.1) is 0 Å². The molecule has 0 bridgehead atoms. The summed E-state index contributed by atoms with van der Waals surface area (Å²) in [5, 5.41) is 0.409. The van der Waals surface area contributed by atoms with Crippen LogP contribution in [-0.4, -0.2) is 14.2 Å². The molecule has 0 heterocycles. The average Bonchev–Trinajstić information content (AvgIpc) is 2.08. The second-order valence-electron chi connectivity index (χ2n) is 4.01. The van der Waals surface area contributed by atoms with Crippen molar-refractivity contribution in [1.29, 1.82) is 0 Å². The zero-order valence-electron chi connectivity index (χ0n) is 9.20. The van der Waals surface area contributed by atoms with Gasteiger partial charge in [0.25, 0.3) is 0 Å². The molecule has 16 heavy (non-hydrogen) atoms. The summed E-state index contributed by atoms with van der Waals surface area (Å²) < 4.78 is 25.7. The van der Waals surface area contributed by atoms with Gasteiger partial charge in [0.15, 0.2) is 0 Å². The highest BCUT2D eigenvalue weighted by atomic mass is 35.5. The number of halogens is 1. The molecule has 0 aromatic heterocycles. The van der Waals surface area contributed by atoms with Gasteiger partial charge < -0.3 is 5.73 Å². The maximum absolute atomic E-state index is 11.6. The van der Waals surface area contributed by atoms with Crippen LogP contribution in [0.4, 0.5) is 11.4 Å². The number of rotatable bonds is 4. The SMILES string of the molecule is CC(C)CS(=O)(=O)Nc1ccc(Cl)c(N)c1. The second kappa shape index (κ2) is 4.93. The molecule has 0 saturated carbocycles. The third-order valence-corrected chi connectivity index (χ3v) is 3.82. The lowest BCUT2D eigenvalue weighted by atomic mass is 10.3. The van der Waals surface area contributed by atoms with E-state index in [0.29, 0.717) is 16.4 Å². The van der Waals surface area contributed by atoms with Crippen molar-refractivity contribution in [3.8, 4) is 0 Å². The highest BCUT2D eigenvalue weighted by Crippen LogP contribution is 2.23. The third kappa shape index (κ3) is 3.90. The summed E-state index contributed by atoms with van der Waals surface area (Å²) in [7, 11) is -3.31. The number of sulfonamides is 1. The molecule has 0 radical (unpaired) electrons. The maximum atomic E-state index is 11.6. The highest BCUT2D eigenvalue weighted by Gasteiger charge is 2.13. The molecule has 3 N–H and O–H groups in total. The molecule has 0 unspecified atom stereocenters. The van der Waals surface area contributed by atoms with Gasteiger partial charge in [-0.05, 0) is 24.1 Å². The van der Waals surface area contributed by atoms with E-state index in [0.717, 1.165) is 0 Å². The lowest BCUT2D eigenvalue weighted by molar-refractivity contribution is 0.587. The molecule has 0 atom stereocenters. The van der Waals surface area contributed by atoms with Crippen LogP contribution >= 0.6 is 11.6 Å². The minimum absolute atomic E-state index is 0.0714. The number of anilines is 2. The fourth-order valence-electron chi connectivity index (χ4n) is 1.27. The summed E-state index contributed by atoms with van der Waals surface area (Å²) in [6, 6.07) is 4.64. The summed E-state index contributed by atoms with van der Waals surface area (Å²) >= 11 is 5.73. The second-order valence-corrected chi connectivity index (χ2v) is 6.19. The van der Waals surface area contributed by atoms with Crippen LogP contribution in [0.5, 0.6) is 0 Å². The van der Waals surface area contributed by atoms with Gasteiger partial charge in [-0.2, -0.15) is 0 Å². The largest absolute Gasteiger partial charge is 0.397 e. The number of nitrogens with two attached hydrogens (primary N) is 1. The van der Waals surface area contributed by atoms with Gasteiger partial charge in [0.05, 0.1) is 22.2 Å². The number of nitrogens with one attached hydrogen (secondary N) is 1. The van der Waals surface area contributed by atoms with Gasteiger partial charge in [0.2, 0.25) is 10.0 Å². The van der Waals surface area contributed by atoms with E-state index in [1.54, 1.807) is 12.1 Å². The molecule has 0 spiro atoms. The van der Waals surface area contributed by atoms with Gasteiger partial charge in [0, 0.05) is 0 Å². The summed E-state index contributed by atoms with van der Waals surface area (Å²) in [6.07, 6.45) is 0. The molecule has 1 aromatic carbocycles. The van der Waals surface area contributed by atoms with Crippen LogP contribution in [0.2, 0.25) is 5.02 Å². The maximum Gasteiger partial charge on any atom is 0.232 e. The van der Waals surface area contributed by atoms with Crippen molar-refractivity contribution >= 4 is 33.0 Å². The molecule has 1 aromatic rings. The zero-order chi connectivity index (χ0) is 12.3. The van der Waals surface area contributed by atoms with E-state index >= 15 is 0 Å². The van der Waals surface area contributed by atoms with Crippen LogP contribution in [0.1, 0.15) is 13.8 Å². The van der Waals surface area contributed by atoms with Crippen LogP contribution in [0.15, 0.2) is 18.2 Å². The van der Waals surface area contributed by atoms with Crippen molar-refractivity contribution < 1.29 is 8.42 Å². The standard InChI is InChI=1S/C10H15ClN2O2S/c1-7(2)6-16(14,15)13-8-3-4-9(11)10(12)5-8/h3-5,7,13H,6,12H2,1-2H3. The summed E-state index contributed by atoms with van der Waals surface area (Å²) in [5.74, 6) is 0.150. The molecule has 90 valence electrons. The Balaban J connectivity index is 2.84. The molecule has 1 rings (SSSR count). The lowest BCUT2D eigenvalue weighted by Gasteiger charge is -2.10. The van der Waals surface area contributed by atoms with E-state index in [2.05, 4.69) is 4.72 Å². The molecule has 0 aliphatic heterocycles. The van der Waals surface area contributed by atoms with Crippen molar-refractivity contribution in [1.82, 2.24) is 0 Å². The molecule has 0 fully saturated rings. The highest BCUT2D eigenvalue weighted by molar-refractivity contribution is 7.92. The van der Waals surface area contributed by atoms with Crippen LogP contribution in [-0.2, 0) is 10.0 Å². The van der Waals surface area contributed by atoms with Gasteiger partial charge in [-0.25, -0.2) is 8.42 Å². The Hall–Kier alpha value is -0.940. The van der Waals surface area contributed by atoms with Crippen molar-refractivity contribution in [3.05, 3.63) is 23.2 Å². The smallest absolute Gasteiger partial charge is 0.232 e. The van der Waals surface area contributed by atoms with E-state index in [-0.39, 0.29) is 11.7 Å². The van der Waals surface area contributed by atoms with Crippen molar-refractivity contribution in [2.45, 2.75) is 13.8 Å². The first-order chi connectivity index (χ1) is 7.30. The predicted octanol–water partition coefficient (Wildman–Crippen LogP) is 2.32. The van der Waals surface area contributed by atoms with Crippen LogP contribution < -0.4 is 10.5 Å². The Morgan fingerprint density at radius 3 is 2.56 bits per heavy atom. The third-order valence-electron chi connectivity index (χ3n) is 1.82. The summed E-state index contributed by atoms with van der Waals surface area (Å²) in [5.41, 5.74) is 6.36. The van der Waals surface area contributed by atoms with Crippen LogP contribution in [0, 0.1) is 5.92 Å². The minimum atomic E-state index is -3.31. The van der Waals surface area contributed by atoms with Crippen molar-refractivity contribution in [3.63, 3.8) is 0 Å². The fraction of sp³-hybridized carbons (Fsp3) is 0.400. The molecular formula is C10H15ClN2O2S. The van der Waals surface area contributed by atoms with Gasteiger partial charge >= 0.3 is 0 Å². The predicted molar refractivity (Wildman–Crippen MR) is 68.1 cm³/mol. The Kier molecular flexibility index (Phi) is 4.04. The molecule has 0 amide bonds. The fourth-order valence-corrected chi connectivity index (χ4v) is 2.83. The average molecular weight is 263 g/mol. The molecule has 4 nitrogen and oxygen atoms in total. The molecule has 0 saturated heterocycles. The van der Waals surface area contributed by atoms with Crippen molar-refractivity contribution in [2.75, 3.05) is 16.2 Å². The number of hydrogen-bond donors (Lipinski definition) is 2. The van der Waals surface area contributed by atoms with E-state index < -0.39 is 10.0 Å². The number of nitrogen functional groups attached to an aromatic ring is 1. The Labute approximate surface area is 101 Å². The van der Waals surface area contributed by atoms with Gasteiger partial charge in [0.1, 0.15) is 0 Å². The molecule has 0 aliphatic carbocycles. The number of hydrogen-bond acceptors (Lipinski definition) is 3. The molecular weight excluding hydrogens is 248 g/mol. The quantitative estimate of drug-likeness (QED) is 0.818. The zero-order valence-corrected chi connectivity index (χ0v) is 10.8. The van der Waals surface area contributed by atoms with E-state index in [1.165, 1.54) is 6.07 Å². The monoisotopic (exact) mass is 262 g/mol. The van der Waals surface area contributed by atoms with Gasteiger partial charge in [-0.1, -0.05) is 25.4 Å². The van der Waals surface area contributed by atoms with Crippen LogP contribution in [0.3, 0.4) is 0 Å². The van der Waals surface area contributed by atoms with E-state index in [1.807, 2.05) is 13.8 Å². The number of benzene rings is 1. The summed E-state index contributed by atoms with van der Waals surface area (Å²) in [4.78, 5) is 0. The normalized spacial score (nSPS) is 11.8. The Morgan fingerprint density at radius 1 is 1.44 bits per heavy atom. The lowest BCUT2D eigenvalue weighted by Crippen LogP contribution is -2.20. The first-order valence-corrected chi connectivity index (χ1v) is 6.89. The minimum Gasteiger partial charge on any atom is -0.397 e. The molecule has 0 aliphatic rings. The molecule has 6 heteroatoms. The van der Waals surface area contributed by atoms with Crippen LogP contribution in [0.25, 0.3) is 0 Å². The topological polar surface area (TPSA) is 72.2 Å². The summed E-state index contributed by atoms with van der Waals surface area (Å²) in [6.45, 7) is 3.69. The Bertz CT molecular complexity index is 472. The Morgan fingerprint density at radius 2 is 2.06 bits per heavy atom.